The fourth-order valence-electron chi connectivity index (χ4n) is 7.66. The Kier molecular flexibility index (Phi) is 18.4. The van der Waals surface area contributed by atoms with Crippen LogP contribution in [0.2, 0.25) is 0 Å². The molecule has 7 aromatic rings. The number of phosphoric ester groups is 2. The first kappa shape index (κ1) is 50.0. The molecule has 0 unspecified atom stereocenters. The Bertz CT molecular complexity index is 2540. The van der Waals surface area contributed by atoms with Gasteiger partial charge in [0.15, 0.2) is 0 Å². The van der Waals surface area contributed by atoms with Crippen molar-refractivity contribution >= 4 is 15.6 Å². The van der Waals surface area contributed by atoms with Crippen LogP contribution in [0.4, 0.5) is 0 Å². The summed E-state index contributed by atoms with van der Waals surface area (Å²) >= 11 is 0. The second kappa shape index (κ2) is 25.5. The van der Waals surface area contributed by atoms with Gasteiger partial charge in [-0.25, -0.2) is 9.13 Å². The molecule has 0 spiro atoms. The van der Waals surface area contributed by atoms with E-state index in [4.69, 9.17) is 41.4 Å². The molecular formula is C55H56O12P2. The molecule has 1 saturated carbocycles. The summed E-state index contributed by atoms with van der Waals surface area (Å²) in [5.41, 5.74) is 5.15. The van der Waals surface area contributed by atoms with E-state index in [2.05, 4.69) is 0 Å². The van der Waals surface area contributed by atoms with Gasteiger partial charge in [0.1, 0.15) is 36.6 Å². The van der Waals surface area contributed by atoms with Crippen molar-refractivity contribution in [3.8, 4) is 0 Å². The standard InChI is InChI=1S/C55H56O12P2/c56-50-51(59-36-43-22-8-1-9-23-43)55(67-69(58,64-41-48-32-18-6-19-33-48)65-42-49-34-20-7-21-35-49)54(61-38-45-26-12-3-13-27-45)53(60-37-44-24-10-2-11-25-44)52(50)66-68(57,62-39-46-28-14-4-15-29-46)63-40-47-30-16-5-17-31-47/h1-35,50-56H,36-42H2/t50-,51-,52+,53-,54-,55+/m1/s1. The molecule has 0 bridgehead atoms. The summed E-state index contributed by atoms with van der Waals surface area (Å²) in [6, 6.07) is 65.0. The van der Waals surface area contributed by atoms with Crippen molar-refractivity contribution in [1.29, 1.82) is 0 Å². The number of aliphatic hydroxyl groups is 1. The van der Waals surface area contributed by atoms with Gasteiger partial charge in [0.25, 0.3) is 0 Å². The molecule has 1 N–H and O–H groups in total. The second-order valence-electron chi connectivity index (χ2n) is 16.3. The van der Waals surface area contributed by atoms with Crippen molar-refractivity contribution in [2.24, 2.45) is 0 Å². The number of ether oxygens (including phenoxy) is 3. The number of phosphoric acid groups is 2. The van der Waals surface area contributed by atoms with Crippen molar-refractivity contribution in [3.63, 3.8) is 0 Å². The Morgan fingerprint density at radius 3 is 0.783 bits per heavy atom. The lowest BCUT2D eigenvalue weighted by Gasteiger charge is -2.48. The summed E-state index contributed by atoms with van der Waals surface area (Å²) in [4.78, 5) is 0. The number of aliphatic hydroxyl groups excluding tert-OH is 1. The summed E-state index contributed by atoms with van der Waals surface area (Å²) in [7, 11) is -9.28. The minimum Gasteiger partial charge on any atom is -0.387 e. The minimum absolute atomic E-state index is 0.00247. The topological polar surface area (TPSA) is 137 Å². The van der Waals surface area contributed by atoms with E-state index in [1.807, 2.05) is 212 Å². The van der Waals surface area contributed by atoms with Crippen LogP contribution in [0.1, 0.15) is 38.9 Å². The summed E-state index contributed by atoms with van der Waals surface area (Å²) in [6.07, 6.45) is -8.73. The maximum absolute atomic E-state index is 15.4. The molecule has 12 nitrogen and oxygen atoms in total. The lowest BCUT2D eigenvalue weighted by molar-refractivity contribution is -0.257. The zero-order chi connectivity index (χ0) is 47.6. The van der Waals surface area contributed by atoms with Gasteiger partial charge in [-0.3, -0.25) is 27.1 Å². The molecule has 6 atom stereocenters. The van der Waals surface area contributed by atoms with Crippen molar-refractivity contribution in [2.45, 2.75) is 82.9 Å². The van der Waals surface area contributed by atoms with Gasteiger partial charge in [0.05, 0.1) is 46.2 Å². The van der Waals surface area contributed by atoms with E-state index < -0.39 is 52.3 Å². The predicted molar refractivity (Wildman–Crippen MR) is 261 cm³/mol. The Labute approximate surface area is 403 Å². The first-order chi connectivity index (χ1) is 33.8. The van der Waals surface area contributed by atoms with Crippen molar-refractivity contribution in [1.82, 2.24) is 0 Å². The lowest BCUT2D eigenvalue weighted by Crippen LogP contribution is -2.66. The van der Waals surface area contributed by atoms with E-state index >= 15 is 9.13 Å². The third kappa shape index (κ3) is 15.0. The molecule has 0 saturated heterocycles. The lowest BCUT2D eigenvalue weighted by atomic mass is 9.84. The fraction of sp³-hybridized carbons (Fsp3) is 0.236. The average Bonchev–Trinajstić information content (AvgIpc) is 3.40. The zero-order valence-electron chi connectivity index (χ0n) is 38.0. The van der Waals surface area contributed by atoms with Gasteiger partial charge in [-0.05, 0) is 38.9 Å². The molecule has 1 aliphatic carbocycles. The second-order valence-corrected chi connectivity index (χ2v) is 19.6. The average molecular weight is 971 g/mol. The number of benzene rings is 7. The van der Waals surface area contributed by atoms with Gasteiger partial charge in [0.2, 0.25) is 0 Å². The van der Waals surface area contributed by atoms with Crippen LogP contribution >= 0.6 is 15.6 Å². The molecule has 0 heterocycles. The van der Waals surface area contributed by atoms with Gasteiger partial charge >= 0.3 is 15.6 Å². The SMILES string of the molecule is O=P(OCc1ccccc1)(OCc1ccccc1)O[C@@H]1[C@H](OCc2ccccc2)[C@H](OCc2ccccc2)[C@@H](OP(=O)(OCc2ccccc2)OCc2ccccc2)[C@H](O)[C@H]1OCc1ccccc1. The van der Waals surface area contributed by atoms with E-state index in [1.54, 1.807) is 0 Å². The summed E-state index contributed by atoms with van der Waals surface area (Å²) in [5.74, 6) is 0. The fourth-order valence-corrected chi connectivity index (χ4v) is 10.4. The highest BCUT2D eigenvalue weighted by molar-refractivity contribution is 7.48. The molecule has 358 valence electrons. The molecule has 0 radical (unpaired) electrons. The third-order valence-corrected chi connectivity index (χ3v) is 14.0. The monoisotopic (exact) mass is 970 g/mol. The molecule has 7 aromatic carbocycles. The summed E-state index contributed by atoms with van der Waals surface area (Å²) in [6.45, 7) is -0.654. The Balaban J connectivity index is 1.22. The Morgan fingerprint density at radius 1 is 0.290 bits per heavy atom. The first-order valence-electron chi connectivity index (χ1n) is 22.8. The predicted octanol–water partition coefficient (Wildman–Crippen LogP) is 12.0. The molecule has 14 heteroatoms. The van der Waals surface area contributed by atoms with Crippen LogP contribution in [-0.4, -0.2) is 41.7 Å². The number of rotatable bonds is 25. The van der Waals surface area contributed by atoms with E-state index in [9.17, 15) is 5.11 Å². The molecule has 0 aliphatic heterocycles. The first-order valence-corrected chi connectivity index (χ1v) is 25.7. The van der Waals surface area contributed by atoms with Crippen LogP contribution in [0, 0.1) is 0 Å². The van der Waals surface area contributed by atoms with Crippen LogP contribution < -0.4 is 0 Å². The van der Waals surface area contributed by atoms with Gasteiger partial charge in [-0.2, -0.15) is 0 Å². The van der Waals surface area contributed by atoms with E-state index in [0.717, 1.165) is 16.7 Å². The largest absolute Gasteiger partial charge is 0.475 e. The normalized spacial score (nSPS) is 19.6. The molecular weight excluding hydrogens is 915 g/mol. The smallest absolute Gasteiger partial charge is 0.387 e. The molecule has 0 aromatic heterocycles. The minimum atomic E-state index is -4.64. The Morgan fingerprint density at radius 2 is 0.507 bits per heavy atom. The Hall–Kier alpha value is -5.40. The summed E-state index contributed by atoms with van der Waals surface area (Å²) < 4.78 is 88.9. The van der Waals surface area contributed by atoms with Crippen LogP contribution in [0.3, 0.4) is 0 Å². The molecule has 1 aliphatic rings. The highest BCUT2D eigenvalue weighted by Crippen LogP contribution is 2.57. The van der Waals surface area contributed by atoms with Crippen LogP contribution in [-0.2, 0) is 96.7 Å². The van der Waals surface area contributed by atoms with E-state index in [0.29, 0.717) is 22.3 Å². The molecule has 0 amide bonds. The maximum Gasteiger partial charge on any atom is 0.475 e. The van der Waals surface area contributed by atoms with E-state index in [1.165, 1.54) is 0 Å². The van der Waals surface area contributed by atoms with Crippen molar-refractivity contribution < 1.29 is 55.6 Å². The molecule has 69 heavy (non-hydrogen) atoms. The van der Waals surface area contributed by atoms with Crippen LogP contribution in [0.25, 0.3) is 0 Å². The van der Waals surface area contributed by atoms with Gasteiger partial charge < -0.3 is 19.3 Å². The summed E-state index contributed by atoms with van der Waals surface area (Å²) in [5, 5.41) is 12.9. The number of hydrogen-bond acceptors (Lipinski definition) is 12. The van der Waals surface area contributed by atoms with Gasteiger partial charge in [-0.1, -0.05) is 212 Å². The molecule has 1 fully saturated rings. The maximum atomic E-state index is 15.4. The van der Waals surface area contributed by atoms with Crippen LogP contribution in [0.15, 0.2) is 212 Å². The highest BCUT2D eigenvalue weighted by atomic mass is 31.2. The van der Waals surface area contributed by atoms with E-state index in [-0.39, 0.29) is 46.2 Å². The zero-order valence-corrected chi connectivity index (χ0v) is 39.7. The van der Waals surface area contributed by atoms with Crippen molar-refractivity contribution in [3.05, 3.63) is 251 Å². The highest BCUT2D eigenvalue weighted by Gasteiger charge is 2.58. The third-order valence-electron chi connectivity index (χ3n) is 11.3. The van der Waals surface area contributed by atoms with Gasteiger partial charge in [-0.15, -0.1) is 0 Å². The number of hydrogen-bond donors (Lipinski definition) is 1. The van der Waals surface area contributed by atoms with Crippen molar-refractivity contribution in [2.75, 3.05) is 0 Å². The molecule has 8 rings (SSSR count). The van der Waals surface area contributed by atoms with Crippen LogP contribution in [0.5, 0.6) is 0 Å². The quantitative estimate of drug-likeness (QED) is 0.0546. The van der Waals surface area contributed by atoms with Gasteiger partial charge in [0, 0.05) is 0 Å².